The third-order valence-corrected chi connectivity index (χ3v) is 2.77. The molecule has 2 aromatic rings. The molecule has 0 unspecified atom stereocenters. The van der Waals surface area contributed by atoms with Gasteiger partial charge in [-0.05, 0) is 35.9 Å². The lowest BCUT2D eigenvalue weighted by Crippen LogP contribution is -1.98. The Morgan fingerprint density at radius 2 is 2.20 bits per heavy atom. The molecule has 0 aliphatic rings. The third-order valence-electron chi connectivity index (χ3n) is 2.48. The van der Waals surface area contributed by atoms with Crippen molar-refractivity contribution in [1.29, 1.82) is 0 Å². The van der Waals surface area contributed by atoms with Crippen molar-refractivity contribution in [2.24, 2.45) is 0 Å². The van der Waals surface area contributed by atoms with E-state index in [0.29, 0.717) is 22.9 Å². The number of aromatic nitrogens is 1. The molecule has 102 valence electrons. The molecule has 0 radical (unpaired) electrons. The fourth-order valence-corrected chi connectivity index (χ4v) is 1.78. The maximum atomic E-state index is 10.4. The van der Waals surface area contributed by atoms with Crippen LogP contribution < -0.4 is 4.74 Å². The summed E-state index contributed by atoms with van der Waals surface area (Å²) < 4.78 is 5.57. The normalized spacial score (nSPS) is 10.7. The number of benzene rings is 1. The van der Waals surface area contributed by atoms with Crippen LogP contribution in [0.5, 0.6) is 5.75 Å². The zero-order valence-electron chi connectivity index (χ0n) is 10.5. The van der Waals surface area contributed by atoms with E-state index in [1.54, 1.807) is 24.4 Å². The SMILES string of the molecule is O=C(O)C=Cc1ccc(OCc2ccccn2)c(Cl)c1. The molecular weight excluding hydrogens is 278 g/mol. The molecule has 1 N–H and O–H groups in total. The van der Waals surface area contributed by atoms with Crippen LogP contribution in [0.15, 0.2) is 48.7 Å². The Hall–Kier alpha value is -2.33. The van der Waals surface area contributed by atoms with Gasteiger partial charge < -0.3 is 9.84 Å². The Morgan fingerprint density at radius 1 is 1.35 bits per heavy atom. The number of ether oxygens (including phenoxy) is 1. The standard InChI is InChI=1S/C15H12ClNO3/c16-13-9-11(5-7-15(18)19)4-6-14(13)20-10-12-3-1-2-8-17-12/h1-9H,10H2,(H,18,19). The predicted octanol–water partition coefficient (Wildman–Crippen LogP) is 3.41. The van der Waals surface area contributed by atoms with Crippen LogP contribution in [0.3, 0.4) is 0 Å². The second-order valence-electron chi connectivity index (χ2n) is 3.97. The van der Waals surface area contributed by atoms with E-state index in [1.807, 2.05) is 18.2 Å². The monoisotopic (exact) mass is 289 g/mol. The molecule has 0 fully saturated rings. The third kappa shape index (κ3) is 4.10. The number of pyridine rings is 1. The van der Waals surface area contributed by atoms with Crippen LogP contribution in [0.4, 0.5) is 0 Å². The number of carbonyl (C=O) groups is 1. The van der Waals surface area contributed by atoms with Crippen molar-refractivity contribution >= 4 is 23.6 Å². The highest BCUT2D eigenvalue weighted by atomic mass is 35.5. The van der Waals surface area contributed by atoms with Gasteiger partial charge in [-0.25, -0.2) is 4.79 Å². The van der Waals surface area contributed by atoms with Gasteiger partial charge in [0.05, 0.1) is 10.7 Å². The molecule has 0 bridgehead atoms. The molecule has 0 spiro atoms. The molecule has 1 heterocycles. The summed E-state index contributed by atoms with van der Waals surface area (Å²) in [6, 6.07) is 10.7. The number of carboxylic acids is 1. The van der Waals surface area contributed by atoms with Crippen molar-refractivity contribution in [3.63, 3.8) is 0 Å². The van der Waals surface area contributed by atoms with Crippen LogP contribution in [0.2, 0.25) is 5.02 Å². The molecule has 1 aromatic heterocycles. The van der Waals surface area contributed by atoms with E-state index >= 15 is 0 Å². The van der Waals surface area contributed by atoms with E-state index in [2.05, 4.69) is 4.98 Å². The summed E-state index contributed by atoms with van der Waals surface area (Å²) in [6.45, 7) is 0.324. The van der Waals surface area contributed by atoms with Crippen molar-refractivity contribution in [3.8, 4) is 5.75 Å². The van der Waals surface area contributed by atoms with Crippen molar-refractivity contribution in [2.75, 3.05) is 0 Å². The highest BCUT2D eigenvalue weighted by Gasteiger charge is 2.03. The first-order chi connectivity index (χ1) is 9.65. The van der Waals surface area contributed by atoms with Crippen molar-refractivity contribution < 1.29 is 14.6 Å². The molecule has 0 saturated carbocycles. The molecule has 4 nitrogen and oxygen atoms in total. The van der Waals surface area contributed by atoms with E-state index in [0.717, 1.165) is 11.8 Å². The lowest BCUT2D eigenvalue weighted by Gasteiger charge is -2.08. The average Bonchev–Trinajstić information content (AvgIpc) is 2.45. The first-order valence-electron chi connectivity index (χ1n) is 5.88. The molecule has 5 heteroatoms. The summed E-state index contributed by atoms with van der Waals surface area (Å²) in [5.74, 6) is -0.471. The topological polar surface area (TPSA) is 59.4 Å². The van der Waals surface area contributed by atoms with Gasteiger partial charge >= 0.3 is 5.97 Å². The highest BCUT2D eigenvalue weighted by molar-refractivity contribution is 6.32. The summed E-state index contributed by atoms with van der Waals surface area (Å²) in [5.41, 5.74) is 1.50. The fourth-order valence-electron chi connectivity index (χ4n) is 1.54. The first kappa shape index (κ1) is 14.1. The van der Waals surface area contributed by atoms with Gasteiger partial charge in [-0.1, -0.05) is 23.7 Å². The van der Waals surface area contributed by atoms with Crippen molar-refractivity contribution in [2.45, 2.75) is 6.61 Å². The van der Waals surface area contributed by atoms with Crippen molar-refractivity contribution in [3.05, 3.63) is 65.0 Å². The van der Waals surface area contributed by atoms with E-state index in [4.69, 9.17) is 21.4 Å². The first-order valence-corrected chi connectivity index (χ1v) is 6.26. The average molecular weight is 290 g/mol. The Morgan fingerprint density at radius 3 is 2.85 bits per heavy atom. The van der Waals surface area contributed by atoms with Crippen LogP contribution in [0, 0.1) is 0 Å². The molecule has 0 saturated heterocycles. The molecule has 0 amide bonds. The minimum absolute atomic E-state index is 0.324. The Labute approximate surface area is 121 Å². The smallest absolute Gasteiger partial charge is 0.328 e. The number of halogens is 1. The van der Waals surface area contributed by atoms with E-state index in [1.165, 1.54) is 6.08 Å². The van der Waals surface area contributed by atoms with Gasteiger partial charge in [0.2, 0.25) is 0 Å². The summed E-state index contributed by atoms with van der Waals surface area (Å²) >= 11 is 6.08. The minimum atomic E-state index is -1.00. The maximum Gasteiger partial charge on any atom is 0.328 e. The Balaban J connectivity index is 2.04. The summed E-state index contributed by atoms with van der Waals surface area (Å²) in [7, 11) is 0. The lowest BCUT2D eigenvalue weighted by atomic mass is 10.2. The maximum absolute atomic E-state index is 10.4. The van der Waals surface area contributed by atoms with Gasteiger partial charge in [-0.15, -0.1) is 0 Å². The molecule has 0 aliphatic carbocycles. The summed E-state index contributed by atoms with van der Waals surface area (Å²) in [5, 5.41) is 8.98. The van der Waals surface area contributed by atoms with Gasteiger partial charge in [-0.3, -0.25) is 4.98 Å². The van der Waals surface area contributed by atoms with E-state index < -0.39 is 5.97 Å². The van der Waals surface area contributed by atoms with Crippen LogP contribution in [0.1, 0.15) is 11.3 Å². The molecule has 2 rings (SSSR count). The second-order valence-corrected chi connectivity index (χ2v) is 4.38. The number of carboxylic acid groups (broad SMARTS) is 1. The van der Waals surface area contributed by atoms with Gasteiger partial charge in [0, 0.05) is 12.3 Å². The Kier molecular flexibility index (Phi) is 4.74. The summed E-state index contributed by atoms with van der Waals surface area (Å²) in [6.07, 6.45) is 4.22. The molecule has 20 heavy (non-hydrogen) atoms. The van der Waals surface area contributed by atoms with Crippen LogP contribution in [-0.4, -0.2) is 16.1 Å². The number of aliphatic carboxylic acids is 1. The van der Waals surface area contributed by atoms with E-state index in [-0.39, 0.29) is 0 Å². The quantitative estimate of drug-likeness (QED) is 0.857. The molecule has 1 aromatic carbocycles. The largest absolute Gasteiger partial charge is 0.486 e. The van der Waals surface area contributed by atoms with Crippen molar-refractivity contribution in [1.82, 2.24) is 4.98 Å². The molecule has 0 atom stereocenters. The fraction of sp³-hybridized carbons (Fsp3) is 0.0667. The lowest BCUT2D eigenvalue weighted by molar-refractivity contribution is -0.131. The highest BCUT2D eigenvalue weighted by Crippen LogP contribution is 2.26. The minimum Gasteiger partial charge on any atom is -0.486 e. The van der Waals surface area contributed by atoms with Gasteiger partial charge in [0.1, 0.15) is 12.4 Å². The Bertz CT molecular complexity index is 626. The van der Waals surface area contributed by atoms with Gasteiger partial charge in [0.15, 0.2) is 0 Å². The number of nitrogens with zero attached hydrogens (tertiary/aromatic N) is 1. The summed E-state index contributed by atoms with van der Waals surface area (Å²) in [4.78, 5) is 14.6. The van der Waals surface area contributed by atoms with Gasteiger partial charge in [-0.2, -0.15) is 0 Å². The second kappa shape index (κ2) is 6.73. The zero-order valence-corrected chi connectivity index (χ0v) is 11.2. The number of rotatable bonds is 5. The van der Waals surface area contributed by atoms with E-state index in [9.17, 15) is 4.79 Å². The number of hydrogen-bond donors (Lipinski definition) is 1. The molecular formula is C15H12ClNO3. The van der Waals surface area contributed by atoms with Crippen LogP contribution in [0.25, 0.3) is 6.08 Å². The van der Waals surface area contributed by atoms with Crippen LogP contribution in [-0.2, 0) is 11.4 Å². The van der Waals surface area contributed by atoms with Crippen LogP contribution >= 0.6 is 11.6 Å². The molecule has 0 aliphatic heterocycles. The van der Waals surface area contributed by atoms with Gasteiger partial charge in [0.25, 0.3) is 0 Å². The predicted molar refractivity (Wildman–Crippen MR) is 76.7 cm³/mol. The number of hydrogen-bond acceptors (Lipinski definition) is 3. The zero-order chi connectivity index (χ0) is 14.4.